The summed E-state index contributed by atoms with van der Waals surface area (Å²) in [6.07, 6.45) is -0.690. The van der Waals surface area contributed by atoms with Crippen LogP contribution in [0.1, 0.15) is 26.3 Å². The van der Waals surface area contributed by atoms with Gasteiger partial charge in [0.2, 0.25) is 0 Å². The van der Waals surface area contributed by atoms with E-state index in [1.807, 2.05) is 30.3 Å². The third-order valence-corrected chi connectivity index (χ3v) is 3.06. The minimum Gasteiger partial charge on any atom is -0.478 e. The lowest BCUT2D eigenvalue weighted by Gasteiger charge is -2.07. The van der Waals surface area contributed by atoms with Crippen molar-refractivity contribution in [3.05, 3.63) is 71.3 Å². The van der Waals surface area contributed by atoms with Gasteiger partial charge in [-0.05, 0) is 17.7 Å². The van der Waals surface area contributed by atoms with Gasteiger partial charge in [0.05, 0.1) is 12.1 Å². The van der Waals surface area contributed by atoms with Gasteiger partial charge in [0.15, 0.2) is 5.78 Å². The van der Waals surface area contributed by atoms with E-state index in [2.05, 4.69) is 5.32 Å². The fourth-order valence-corrected chi connectivity index (χ4v) is 1.83. The molecule has 0 aliphatic heterocycles. The second kappa shape index (κ2) is 7.74. The monoisotopic (exact) mass is 313 g/mol. The molecule has 6 heteroatoms. The summed E-state index contributed by atoms with van der Waals surface area (Å²) >= 11 is 0. The van der Waals surface area contributed by atoms with Gasteiger partial charge < -0.3 is 15.2 Å². The van der Waals surface area contributed by atoms with E-state index >= 15 is 0 Å². The molecular weight excluding hydrogens is 298 g/mol. The molecule has 0 aliphatic rings. The molecule has 2 rings (SSSR count). The van der Waals surface area contributed by atoms with Crippen LogP contribution in [-0.2, 0) is 11.3 Å². The molecule has 23 heavy (non-hydrogen) atoms. The van der Waals surface area contributed by atoms with Crippen molar-refractivity contribution in [3.63, 3.8) is 0 Å². The maximum atomic E-state index is 11.9. The minimum absolute atomic E-state index is 0.0942. The molecule has 0 unspecified atom stereocenters. The number of benzene rings is 2. The molecule has 0 spiro atoms. The summed E-state index contributed by atoms with van der Waals surface area (Å²) in [5.41, 5.74) is 1.26. The largest absolute Gasteiger partial charge is 0.478 e. The number of ketones is 1. The van der Waals surface area contributed by atoms with Gasteiger partial charge in [-0.15, -0.1) is 0 Å². The van der Waals surface area contributed by atoms with Gasteiger partial charge in [-0.2, -0.15) is 0 Å². The van der Waals surface area contributed by atoms with Crippen LogP contribution in [0.3, 0.4) is 0 Å². The summed E-state index contributed by atoms with van der Waals surface area (Å²) in [5.74, 6) is -1.40. The second-order valence-electron chi connectivity index (χ2n) is 4.72. The smallest absolute Gasteiger partial charge is 0.407 e. The maximum absolute atomic E-state index is 11.9. The molecule has 118 valence electrons. The van der Waals surface area contributed by atoms with Crippen LogP contribution in [0.15, 0.2) is 54.6 Å². The molecule has 0 bridgehead atoms. The Morgan fingerprint density at radius 1 is 0.913 bits per heavy atom. The molecular formula is C17H15NO5. The van der Waals surface area contributed by atoms with Crippen LogP contribution in [-0.4, -0.2) is 29.5 Å². The summed E-state index contributed by atoms with van der Waals surface area (Å²) in [6, 6.07) is 14.7. The number of aromatic carboxylic acids is 1. The Hall–Kier alpha value is -3.15. The van der Waals surface area contributed by atoms with Crippen molar-refractivity contribution in [2.45, 2.75) is 6.61 Å². The number of carbonyl (C=O) groups excluding carboxylic acids is 2. The van der Waals surface area contributed by atoms with E-state index in [0.29, 0.717) is 5.56 Å². The van der Waals surface area contributed by atoms with Crippen molar-refractivity contribution in [1.29, 1.82) is 0 Å². The number of ether oxygens (including phenoxy) is 1. The summed E-state index contributed by atoms with van der Waals surface area (Å²) < 4.78 is 4.98. The molecule has 0 fully saturated rings. The first-order chi connectivity index (χ1) is 11.1. The lowest BCUT2D eigenvalue weighted by atomic mass is 10.1. The molecule has 6 nitrogen and oxygen atoms in total. The molecule has 0 saturated carbocycles. The van der Waals surface area contributed by atoms with Gasteiger partial charge in [0, 0.05) is 5.56 Å². The van der Waals surface area contributed by atoms with Crippen molar-refractivity contribution in [2.75, 3.05) is 6.54 Å². The Kier molecular flexibility index (Phi) is 5.46. The number of carboxylic acids is 1. The van der Waals surface area contributed by atoms with Crippen LogP contribution < -0.4 is 5.32 Å². The first-order valence-corrected chi connectivity index (χ1v) is 6.87. The molecule has 2 aromatic rings. The summed E-state index contributed by atoms with van der Waals surface area (Å²) in [6.45, 7) is -0.103. The predicted molar refractivity (Wildman–Crippen MR) is 82.4 cm³/mol. The fraction of sp³-hybridized carbons (Fsp3) is 0.118. The van der Waals surface area contributed by atoms with E-state index in [1.165, 1.54) is 24.3 Å². The molecule has 2 aromatic carbocycles. The van der Waals surface area contributed by atoms with Crippen LogP contribution >= 0.6 is 0 Å². The fourth-order valence-electron chi connectivity index (χ4n) is 1.83. The highest BCUT2D eigenvalue weighted by Crippen LogP contribution is 2.05. The maximum Gasteiger partial charge on any atom is 0.407 e. The van der Waals surface area contributed by atoms with Crippen molar-refractivity contribution in [3.8, 4) is 0 Å². The Morgan fingerprint density at radius 3 is 2.13 bits per heavy atom. The van der Waals surface area contributed by atoms with Crippen molar-refractivity contribution in [1.82, 2.24) is 5.32 Å². The highest BCUT2D eigenvalue weighted by molar-refractivity contribution is 5.99. The van der Waals surface area contributed by atoms with Gasteiger partial charge in [-0.1, -0.05) is 42.5 Å². The van der Waals surface area contributed by atoms with Crippen LogP contribution in [0, 0.1) is 0 Å². The first-order valence-electron chi connectivity index (χ1n) is 6.87. The van der Waals surface area contributed by atoms with E-state index < -0.39 is 12.1 Å². The highest BCUT2D eigenvalue weighted by atomic mass is 16.5. The zero-order chi connectivity index (χ0) is 16.7. The zero-order valence-corrected chi connectivity index (χ0v) is 12.2. The third kappa shape index (κ3) is 4.96. The van der Waals surface area contributed by atoms with Gasteiger partial charge in [0.25, 0.3) is 0 Å². The standard InChI is InChI=1S/C17H15NO5/c19-15(13-6-8-14(9-7-13)16(20)21)10-18-17(22)23-11-12-4-2-1-3-5-12/h1-9H,10-11H2,(H,18,22)(H,20,21). The number of rotatable bonds is 6. The number of hydrogen-bond acceptors (Lipinski definition) is 4. The Morgan fingerprint density at radius 2 is 1.52 bits per heavy atom. The van der Waals surface area contributed by atoms with E-state index in [4.69, 9.17) is 9.84 Å². The summed E-state index contributed by atoms with van der Waals surface area (Å²) in [4.78, 5) is 34.1. The molecule has 1 amide bonds. The Balaban J connectivity index is 1.79. The zero-order valence-electron chi connectivity index (χ0n) is 12.2. The number of hydrogen-bond donors (Lipinski definition) is 2. The topological polar surface area (TPSA) is 92.7 Å². The number of nitrogens with one attached hydrogen (secondary N) is 1. The third-order valence-electron chi connectivity index (χ3n) is 3.06. The average Bonchev–Trinajstić information content (AvgIpc) is 2.58. The lowest BCUT2D eigenvalue weighted by Crippen LogP contribution is -2.30. The van der Waals surface area contributed by atoms with Gasteiger partial charge >= 0.3 is 12.1 Å². The lowest BCUT2D eigenvalue weighted by molar-refractivity contribution is 0.0696. The van der Waals surface area contributed by atoms with Gasteiger partial charge in [-0.3, -0.25) is 4.79 Å². The Bertz CT molecular complexity index is 695. The number of carboxylic acid groups (broad SMARTS) is 1. The van der Waals surface area contributed by atoms with Crippen LogP contribution in [0.5, 0.6) is 0 Å². The molecule has 0 saturated heterocycles. The number of alkyl carbamates (subject to hydrolysis) is 1. The first kappa shape index (κ1) is 16.2. The van der Waals surface area contributed by atoms with Crippen molar-refractivity contribution in [2.24, 2.45) is 0 Å². The van der Waals surface area contributed by atoms with Crippen LogP contribution in [0.4, 0.5) is 4.79 Å². The van der Waals surface area contributed by atoms with Crippen molar-refractivity contribution >= 4 is 17.8 Å². The SMILES string of the molecule is O=C(NCC(=O)c1ccc(C(=O)O)cc1)OCc1ccccc1. The molecule has 0 radical (unpaired) electrons. The molecule has 0 aromatic heterocycles. The minimum atomic E-state index is -1.06. The van der Waals surface area contributed by atoms with Gasteiger partial charge in [0.1, 0.15) is 6.61 Å². The molecule has 0 atom stereocenters. The predicted octanol–water partition coefficient (Wildman–Crippen LogP) is 2.49. The number of amides is 1. The number of carbonyl (C=O) groups is 3. The molecule has 2 N–H and O–H groups in total. The summed E-state index contributed by atoms with van der Waals surface area (Å²) in [7, 11) is 0. The molecule has 0 aliphatic carbocycles. The summed E-state index contributed by atoms with van der Waals surface area (Å²) in [5, 5.41) is 11.1. The van der Waals surface area contributed by atoms with E-state index in [0.717, 1.165) is 5.56 Å². The average molecular weight is 313 g/mol. The van der Waals surface area contributed by atoms with E-state index in [1.54, 1.807) is 0 Å². The van der Waals surface area contributed by atoms with Crippen LogP contribution in [0.2, 0.25) is 0 Å². The highest BCUT2D eigenvalue weighted by Gasteiger charge is 2.10. The number of Topliss-reactive ketones (excluding diaryl/α,β-unsaturated/α-hetero) is 1. The second-order valence-corrected chi connectivity index (χ2v) is 4.72. The van der Waals surface area contributed by atoms with Gasteiger partial charge in [-0.25, -0.2) is 9.59 Å². The van der Waals surface area contributed by atoms with E-state index in [9.17, 15) is 14.4 Å². The van der Waals surface area contributed by atoms with Crippen LogP contribution in [0.25, 0.3) is 0 Å². The quantitative estimate of drug-likeness (QED) is 0.799. The van der Waals surface area contributed by atoms with E-state index in [-0.39, 0.29) is 24.5 Å². The molecule has 0 heterocycles. The normalized spacial score (nSPS) is 9.91. The Labute approximate surface area is 132 Å². The van der Waals surface area contributed by atoms with Crippen molar-refractivity contribution < 1.29 is 24.2 Å².